The standard InChI is InChI=1S/C15H30N4O3P/c1-2-22-15(20)5-11-17-8-4-10-19-14-13-18(23(19)21)9-3-6-16-7-12-17/h16H,2-14H2,1H3/q+1. The Hall–Kier alpha value is -0.590. The van der Waals surface area contributed by atoms with Crippen molar-refractivity contribution >= 4 is 14.1 Å². The van der Waals surface area contributed by atoms with Crippen LogP contribution in [0, 0.1) is 0 Å². The summed E-state index contributed by atoms with van der Waals surface area (Å²) in [6, 6.07) is 0. The maximum atomic E-state index is 12.4. The summed E-state index contributed by atoms with van der Waals surface area (Å²) in [4.78, 5) is 13.8. The molecule has 0 aromatic carbocycles. The van der Waals surface area contributed by atoms with Crippen LogP contribution < -0.4 is 5.32 Å². The van der Waals surface area contributed by atoms with Gasteiger partial charge in [-0.2, -0.15) is 0 Å². The van der Waals surface area contributed by atoms with E-state index in [1.54, 1.807) is 0 Å². The van der Waals surface area contributed by atoms with E-state index in [-0.39, 0.29) is 5.97 Å². The van der Waals surface area contributed by atoms with Gasteiger partial charge in [-0.3, -0.25) is 4.79 Å². The lowest BCUT2D eigenvalue weighted by atomic mass is 10.3. The van der Waals surface area contributed by atoms with Crippen LogP contribution in [-0.2, 0) is 14.1 Å². The fourth-order valence-electron chi connectivity index (χ4n) is 3.02. The van der Waals surface area contributed by atoms with Gasteiger partial charge < -0.3 is 15.0 Å². The van der Waals surface area contributed by atoms with Gasteiger partial charge in [0.2, 0.25) is 0 Å². The zero-order valence-electron chi connectivity index (χ0n) is 14.2. The Balaban J connectivity index is 1.81. The van der Waals surface area contributed by atoms with E-state index in [0.717, 1.165) is 71.7 Å². The van der Waals surface area contributed by atoms with Gasteiger partial charge in [-0.15, -0.1) is 0 Å². The lowest BCUT2D eigenvalue weighted by Crippen LogP contribution is -2.36. The predicted molar refractivity (Wildman–Crippen MR) is 90.5 cm³/mol. The molecule has 2 rings (SSSR count). The monoisotopic (exact) mass is 345 g/mol. The van der Waals surface area contributed by atoms with Crippen LogP contribution >= 0.6 is 8.10 Å². The summed E-state index contributed by atoms with van der Waals surface area (Å²) >= 11 is 0. The summed E-state index contributed by atoms with van der Waals surface area (Å²) in [6.45, 7) is 10.4. The molecule has 2 heterocycles. The summed E-state index contributed by atoms with van der Waals surface area (Å²) in [5.41, 5.74) is 0. The van der Waals surface area contributed by atoms with Crippen LogP contribution in [0.4, 0.5) is 0 Å². The van der Waals surface area contributed by atoms with Gasteiger partial charge in [-0.05, 0) is 37.4 Å². The Kier molecular flexibility index (Phi) is 8.40. The molecule has 132 valence electrons. The number of nitrogens with zero attached hydrogens (tertiary/aromatic N) is 3. The first-order valence-corrected chi connectivity index (χ1v) is 9.93. The first-order chi connectivity index (χ1) is 11.2. The molecule has 3 unspecified atom stereocenters. The normalized spacial score (nSPS) is 29.3. The van der Waals surface area contributed by atoms with Crippen molar-refractivity contribution in [2.24, 2.45) is 0 Å². The van der Waals surface area contributed by atoms with Gasteiger partial charge in [0, 0.05) is 32.7 Å². The van der Waals surface area contributed by atoms with Crippen molar-refractivity contribution in [2.45, 2.75) is 26.2 Å². The maximum absolute atomic E-state index is 12.4. The van der Waals surface area contributed by atoms with Crippen molar-refractivity contribution in [3.05, 3.63) is 0 Å². The first-order valence-electron chi connectivity index (χ1n) is 8.76. The summed E-state index contributed by atoms with van der Waals surface area (Å²) < 4.78 is 21.6. The second-order valence-electron chi connectivity index (χ2n) is 6.01. The van der Waals surface area contributed by atoms with Crippen molar-refractivity contribution in [3.63, 3.8) is 0 Å². The molecule has 2 bridgehead atoms. The van der Waals surface area contributed by atoms with Crippen LogP contribution in [0.2, 0.25) is 0 Å². The van der Waals surface area contributed by atoms with Crippen LogP contribution in [0.5, 0.6) is 0 Å². The van der Waals surface area contributed by atoms with Gasteiger partial charge in [-0.1, -0.05) is 9.34 Å². The SMILES string of the molecule is CCOC(=O)CCN1CCCN2CCN(CCCNCC1)[P+]2=O. The van der Waals surface area contributed by atoms with Crippen molar-refractivity contribution in [1.82, 2.24) is 19.6 Å². The van der Waals surface area contributed by atoms with E-state index < -0.39 is 8.10 Å². The molecule has 0 aromatic heterocycles. The number of nitrogens with one attached hydrogen (secondary N) is 1. The molecular weight excluding hydrogens is 315 g/mol. The van der Waals surface area contributed by atoms with Crippen molar-refractivity contribution in [2.75, 3.05) is 65.5 Å². The highest BCUT2D eigenvalue weighted by atomic mass is 31.1. The number of hydrogen-bond acceptors (Lipinski definition) is 5. The van der Waals surface area contributed by atoms with E-state index in [1.165, 1.54) is 0 Å². The molecular formula is C15H30N4O3P+. The smallest absolute Gasteiger partial charge is 0.466 e. The minimum Gasteiger partial charge on any atom is -0.466 e. The topological polar surface area (TPSA) is 65.1 Å². The zero-order valence-corrected chi connectivity index (χ0v) is 15.1. The van der Waals surface area contributed by atoms with E-state index in [2.05, 4.69) is 19.6 Å². The molecule has 7 nitrogen and oxygen atoms in total. The lowest BCUT2D eigenvalue weighted by molar-refractivity contribution is -0.143. The zero-order chi connectivity index (χ0) is 16.5. The molecule has 2 saturated heterocycles. The lowest BCUT2D eigenvalue weighted by Gasteiger charge is -2.22. The molecule has 0 saturated carbocycles. The molecule has 0 amide bonds. The Bertz CT molecular complexity index is 397. The van der Waals surface area contributed by atoms with Gasteiger partial charge in [0.1, 0.15) is 0 Å². The van der Waals surface area contributed by atoms with Crippen molar-refractivity contribution in [3.8, 4) is 0 Å². The fourth-order valence-corrected chi connectivity index (χ4v) is 4.52. The minimum atomic E-state index is -1.35. The molecule has 0 aromatic rings. The highest BCUT2D eigenvalue weighted by Gasteiger charge is 2.42. The molecule has 2 aliphatic rings. The van der Waals surface area contributed by atoms with Crippen LogP contribution in [0.1, 0.15) is 26.2 Å². The second-order valence-corrected chi connectivity index (χ2v) is 7.65. The average molecular weight is 345 g/mol. The number of carbonyl (C=O) groups is 1. The van der Waals surface area contributed by atoms with Crippen molar-refractivity contribution in [1.29, 1.82) is 0 Å². The van der Waals surface area contributed by atoms with E-state index in [0.29, 0.717) is 13.0 Å². The van der Waals surface area contributed by atoms with Crippen molar-refractivity contribution < 1.29 is 14.1 Å². The van der Waals surface area contributed by atoms with E-state index >= 15 is 0 Å². The molecule has 0 radical (unpaired) electrons. The molecule has 2 fully saturated rings. The average Bonchev–Trinajstić information content (AvgIpc) is 2.88. The third-order valence-corrected chi connectivity index (χ3v) is 6.07. The van der Waals surface area contributed by atoms with Crippen LogP contribution in [0.15, 0.2) is 0 Å². The summed E-state index contributed by atoms with van der Waals surface area (Å²) in [5, 5.41) is 3.45. The third-order valence-electron chi connectivity index (χ3n) is 4.30. The molecule has 8 heteroatoms. The summed E-state index contributed by atoms with van der Waals surface area (Å²) in [6.07, 6.45) is 2.45. The van der Waals surface area contributed by atoms with Gasteiger partial charge in [-0.25, -0.2) is 0 Å². The largest absolute Gasteiger partial charge is 0.537 e. The number of carbonyl (C=O) groups excluding carboxylic acids is 1. The quantitative estimate of drug-likeness (QED) is 0.600. The van der Waals surface area contributed by atoms with Gasteiger partial charge in [0.05, 0.1) is 26.1 Å². The molecule has 1 N–H and O–H groups in total. The van der Waals surface area contributed by atoms with Gasteiger partial charge >= 0.3 is 14.1 Å². The number of ether oxygens (including phenoxy) is 1. The highest BCUT2D eigenvalue weighted by Crippen LogP contribution is 2.37. The van der Waals surface area contributed by atoms with Gasteiger partial charge in [0.15, 0.2) is 0 Å². The minimum absolute atomic E-state index is 0.123. The summed E-state index contributed by atoms with van der Waals surface area (Å²) in [5.74, 6) is -0.123. The highest BCUT2D eigenvalue weighted by molar-refractivity contribution is 7.39. The van der Waals surface area contributed by atoms with Crippen LogP contribution in [0.25, 0.3) is 0 Å². The second kappa shape index (κ2) is 10.3. The van der Waals surface area contributed by atoms with E-state index in [9.17, 15) is 9.36 Å². The number of esters is 1. The van der Waals surface area contributed by atoms with E-state index in [1.807, 2.05) is 6.92 Å². The number of hydrogen-bond donors (Lipinski definition) is 1. The molecule has 0 spiro atoms. The molecule has 0 aliphatic carbocycles. The van der Waals surface area contributed by atoms with Crippen LogP contribution in [-0.4, -0.2) is 85.7 Å². The third kappa shape index (κ3) is 6.43. The fraction of sp³-hybridized carbons (Fsp3) is 0.933. The first kappa shape index (κ1) is 18.7. The Morgan fingerprint density at radius 2 is 1.78 bits per heavy atom. The Morgan fingerprint density at radius 3 is 2.52 bits per heavy atom. The number of fused-ring (bicyclic) bond motifs is 2. The number of rotatable bonds is 4. The Labute approximate surface area is 140 Å². The van der Waals surface area contributed by atoms with E-state index in [4.69, 9.17) is 4.74 Å². The van der Waals surface area contributed by atoms with Gasteiger partial charge in [0.25, 0.3) is 0 Å². The maximum Gasteiger partial charge on any atom is 0.537 e. The molecule has 3 atom stereocenters. The molecule has 23 heavy (non-hydrogen) atoms. The summed E-state index contributed by atoms with van der Waals surface area (Å²) in [7, 11) is -1.35. The van der Waals surface area contributed by atoms with Crippen LogP contribution in [0.3, 0.4) is 0 Å². The Morgan fingerprint density at radius 1 is 1.04 bits per heavy atom. The predicted octanol–water partition coefficient (Wildman–Crippen LogP) is 0.900. The molecule has 2 aliphatic heterocycles.